The standard InChI is InChI=1S/C10H10FN3O/c1-14(2)10-12-8-5-6(11)3-4-7(8)9(15)13-10/h3-5H,1-2H3,(H,12,13,15). The van der Waals surface area contributed by atoms with Gasteiger partial charge in [-0.15, -0.1) is 0 Å². The summed E-state index contributed by atoms with van der Waals surface area (Å²) in [6.07, 6.45) is 0. The molecule has 0 aliphatic carbocycles. The van der Waals surface area contributed by atoms with Gasteiger partial charge in [0, 0.05) is 20.2 Å². The van der Waals surface area contributed by atoms with Gasteiger partial charge in [0.1, 0.15) is 5.82 Å². The molecule has 0 amide bonds. The molecule has 15 heavy (non-hydrogen) atoms. The number of rotatable bonds is 1. The Morgan fingerprint density at radius 1 is 1.40 bits per heavy atom. The third-order valence-corrected chi connectivity index (χ3v) is 2.08. The Kier molecular flexibility index (Phi) is 2.15. The summed E-state index contributed by atoms with van der Waals surface area (Å²) in [5, 5.41) is 0.391. The molecule has 0 aliphatic heterocycles. The van der Waals surface area contributed by atoms with Crippen LogP contribution in [0, 0.1) is 5.82 Å². The topological polar surface area (TPSA) is 49.0 Å². The average molecular weight is 207 g/mol. The Hall–Kier alpha value is -1.91. The summed E-state index contributed by atoms with van der Waals surface area (Å²) >= 11 is 0. The van der Waals surface area contributed by atoms with Crippen LogP contribution < -0.4 is 10.5 Å². The first-order valence-electron chi connectivity index (χ1n) is 4.45. The fourth-order valence-corrected chi connectivity index (χ4v) is 1.31. The highest BCUT2D eigenvalue weighted by Gasteiger charge is 2.05. The summed E-state index contributed by atoms with van der Waals surface area (Å²) < 4.78 is 12.9. The number of nitrogens with one attached hydrogen (secondary N) is 1. The smallest absolute Gasteiger partial charge is 0.260 e. The second-order valence-electron chi connectivity index (χ2n) is 3.45. The van der Waals surface area contributed by atoms with E-state index in [1.54, 1.807) is 19.0 Å². The highest BCUT2D eigenvalue weighted by atomic mass is 19.1. The minimum absolute atomic E-state index is 0.260. The van der Waals surface area contributed by atoms with E-state index in [1.807, 2.05) is 0 Å². The van der Waals surface area contributed by atoms with Crippen LogP contribution >= 0.6 is 0 Å². The number of anilines is 1. The lowest BCUT2D eigenvalue weighted by atomic mass is 10.2. The van der Waals surface area contributed by atoms with Crippen LogP contribution in [0.4, 0.5) is 10.3 Å². The normalized spacial score (nSPS) is 10.6. The number of hydrogen-bond acceptors (Lipinski definition) is 3. The number of nitrogens with zero attached hydrogens (tertiary/aromatic N) is 2. The summed E-state index contributed by atoms with van der Waals surface area (Å²) in [4.78, 5) is 20.0. The van der Waals surface area contributed by atoms with Crippen LogP contribution in [0.2, 0.25) is 0 Å². The molecule has 0 atom stereocenters. The van der Waals surface area contributed by atoms with Gasteiger partial charge in [0.2, 0.25) is 5.95 Å². The minimum atomic E-state index is -0.398. The minimum Gasteiger partial charge on any atom is -0.348 e. The van der Waals surface area contributed by atoms with Crippen LogP contribution in [0.1, 0.15) is 0 Å². The number of H-pyrrole nitrogens is 1. The van der Waals surface area contributed by atoms with Gasteiger partial charge in [0.05, 0.1) is 10.9 Å². The van der Waals surface area contributed by atoms with Gasteiger partial charge in [0.25, 0.3) is 5.56 Å². The third-order valence-electron chi connectivity index (χ3n) is 2.08. The summed E-state index contributed by atoms with van der Waals surface area (Å²) in [6, 6.07) is 3.92. The molecule has 1 N–H and O–H groups in total. The van der Waals surface area contributed by atoms with Gasteiger partial charge in [-0.1, -0.05) is 0 Å². The summed E-state index contributed by atoms with van der Waals surface area (Å²) in [5.41, 5.74) is 0.103. The van der Waals surface area contributed by atoms with Crippen molar-refractivity contribution in [3.63, 3.8) is 0 Å². The lowest BCUT2D eigenvalue weighted by molar-refractivity contribution is 0.629. The van der Waals surface area contributed by atoms with Gasteiger partial charge < -0.3 is 4.90 Å². The summed E-state index contributed by atoms with van der Waals surface area (Å²) in [6.45, 7) is 0. The lowest BCUT2D eigenvalue weighted by Gasteiger charge is -2.10. The molecule has 78 valence electrons. The van der Waals surface area contributed by atoms with Crippen molar-refractivity contribution in [1.29, 1.82) is 0 Å². The van der Waals surface area contributed by atoms with Crippen LogP contribution in [0.25, 0.3) is 10.9 Å². The Balaban J connectivity index is 2.80. The van der Waals surface area contributed by atoms with E-state index in [0.717, 1.165) is 0 Å². The van der Waals surface area contributed by atoms with E-state index in [9.17, 15) is 9.18 Å². The number of hydrogen-bond donors (Lipinski definition) is 1. The predicted molar refractivity (Wildman–Crippen MR) is 56.6 cm³/mol. The molecule has 0 unspecified atom stereocenters. The summed E-state index contributed by atoms with van der Waals surface area (Å²) in [7, 11) is 3.51. The third kappa shape index (κ3) is 1.68. The average Bonchev–Trinajstić information content (AvgIpc) is 2.16. The first-order valence-corrected chi connectivity index (χ1v) is 4.45. The van der Waals surface area contributed by atoms with Crippen LogP contribution in [0.3, 0.4) is 0 Å². The molecule has 1 aromatic heterocycles. The SMILES string of the molecule is CN(C)c1nc2cc(F)ccc2c(=O)[nH]1. The zero-order chi connectivity index (χ0) is 11.0. The second kappa shape index (κ2) is 3.34. The largest absolute Gasteiger partial charge is 0.348 e. The molecule has 1 heterocycles. The first kappa shape index (κ1) is 9.64. The van der Waals surface area contributed by atoms with Crippen molar-refractivity contribution in [3.05, 3.63) is 34.4 Å². The highest BCUT2D eigenvalue weighted by molar-refractivity contribution is 5.78. The molecule has 0 saturated carbocycles. The van der Waals surface area contributed by atoms with Gasteiger partial charge in [-0.25, -0.2) is 9.37 Å². The van der Waals surface area contributed by atoms with Crippen molar-refractivity contribution in [3.8, 4) is 0 Å². The van der Waals surface area contributed by atoms with Gasteiger partial charge >= 0.3 is 0 Å². The number of fused-ring (bicyclic) bond motifs is 1. The summed E-state index contributed by atoms with van der Waals surface area (Å²) in [5.74, 6) is 0.0170. The van der Waals surface area contributed by atoms with Gasteiger partial charge in [-0.2, -0.15) is 0 Å². The maximum Gasteiger partial charge on any atom is 0.260 e. The Bertz CT molecular complexity index is 562. The number of aromatic nitrogens is 2. The Morgan fingerprint density at radius 2 is 2.13 bits per heavy atom. The van der Waals surface area contributed by atoms with Crippen LogP contribution in [-0.4, -0.2) is 24.1 Å². The van der Waals surface area contributed by atoms with E-state index in [2.05, 4.69) is 9.97 Å². The zero-order valence-corrected chi connectivity index (χ0v) is 8.41. The number of halogens is 1. The first-order chi connectivity index (χ1) is 7.08. The molecule has 1 aromatic carbocycles. The van der Waals surface area contributed by atoms with Crippen molar-refractivity contribution >= 4 is 16.9 Å². The molecule has 4 nitrogen and oxygen atoms in total. The van der Waals surface area contributed by atoms with Crippen molar-refractivity contribution in [1.82, 2.24) is 9.97 Å². The van der Waals surface area contributed by atoms with E-state index in [-0.39, 0.29) is 5.56 Å². The van der Waals surface area contributed by atoms with Crippen molar-refractivity contribution < 1.29 is 4.39 Å². The van der Waals surface area contributed by atoms with E-state index < -0.39 is 5.82 Å². The molecule has 0 spiro atoms. The highest BCUT2D eigenvalue weighted by Crippen LogP contribution is 2.11. The van der Waals surface area contributed by atoms with Crippen LogP contribution in [0.5, 0.6) is 0 Å². The second-order valence-corrected chi connectivity index (χ2v) is 3.45. The Labute approximate surface area is 85.4 Å². The zero-order valence-electron chi connectivity index (χ0n) is 8.41. The van der Waals surface area contributed by atoms with E-state index in [0.29, 0.717) is 16.9 Å². The monoisotopic (exact) mass is 207 g/mol. The molecule has 0 aliphatic rings. The Morgan fingerprint density at radius 3 is 2.80 bits per heavy atom. The molecule has 0 fully saturated rings. The van der Waals surface area contributed by atoms with Gasteiger partial charge in [0.15, 0.2) is 0 Å². The van der Waals surface area contributed by atoms with E-state index in [4.69, 9.17) is 0 Å². The van der Waals surface area contributed by atoms with Gasteiger partial charge in [-0.05, 0) is 12.1 Å². The number of aromatic amines is 1. The quantitative estimate of drug-likeness (QED) is 0.762. The molecule has 0 bridgehead atoms. The van der Waals surface area contributed by atoms with Crippen LogP contribution in [-0.2, 0) is 0 Å². The fraction of sp³-hybridized carbons (Fsp3) is 0.200. The van der Waals surface area contributed by atoms with Crippen molar-refractivity contribution in [2.75, 3.05) is 19.0 Å². The molecular formula is C10H10FN3O. The number of benzene rings is 1. The lowest BCUT2D eigenvalue weighted by Crippen LogP contribution is -2.18. The molecule has 5 heteroatoms. The molecular weight excluding hydrogens is 197 g/mol. The maximum absolute atomic E-state index is 12.9. The van der Waals surface area contributed by atoms with Crippen LogP contribution in [0.15, 0.2) is 23.0 Å². The van der Waals surface area contributed by atoms with Crippen molar-refractivity contribution in [2.24, 2.45) is 0 Å². The molecule has 0 saturated heterocycles. The molecule has 2 rings (SSSR count). The van der Waals surface area contributed by atoms with E-state index in [1.165, 1.54) is 18.2 Å². The fourth-order valence-electron chi connectivity index (χ4n) is 1.31. The van der Waals surface area contributed by atoms with E-state index >= 15 is 0 Å². The van der Waals surface area contributed by atoms with Crippen molar-refractivity contribution in [2.45, 2.75) is 0 Å². The van der Waals surface area contributed by atoms with Gasteiger partial charge in [-0.3, -0.25) is 9.78 Å². The maximum atomic E-state index is 12.9. The molecule has 2 aromatic rings. The molecule has 0 radical (unpaired) electrons. The predicted octanol–water partition coefficient (Wildman–Crippen LogP) is 1.13.